The summed E-state index contributed by atoms with van der Waals surface area (Å²) >= 11 is 7.10. The lowest BCUT2D eigenvalue weighted by Crippen LogP contribution is -2.35. The first-order chi connectivity index (χ1) is 8.70. The van der Waals surface area contributed by atoms with Crippen LogP contribution in [0, 0.1) is 0 Å². The molecule has 2 rings (SSSR count). The van der Waals surface area contributed by atoms with E-state index in [1.807, 2.05) is 0 Å². The van der Waals surface area contributed by atoms with Gasteiger partial charge in [0.2, 0.25) is 0 Å². The van der Waals surface area contributed by atoms with Crippen LogP contribution in [-0.2, 0) is 14.3 Å². The SMILES string of the molecule is COC(=O)C(NCC1CCCO1)c1ncc(Cl)s1. The van der Waals surface area contributed by atoms with Crippen LogP contribution in [0.1, 0.15) is 23.9 Å². The molecular formula is C11H15ClN2O3S. The van der Waals surface area contributed by atoms with Crippen molar-refractivity contribution in [3.8, 4) is 0 Å². The maximum Gasteiger partial charge on any atom is 0.330 e. The van der Waals surface area contributed by atoms with Gasteiger partial charge in [-0.3, -0.25) is 5.32 Å². The average Bonchev–Trinajstić information content (AvgIpc) is 3.01. The molecule has 0 amide bonds. The zero-order valence-corrected chi connectivity index (χ0v) is 11.6. The number of aromatic nitrogens is 1. The van der Waals surface area contributed by atoms with Gasteiger partial charge in [0.05, 0.1) is 19.4 Å². The third-order valence-corrected chi connectivity index (χ3v) is 3.93. The minimum absolute atomic E-state index is 0.160. The van der Waals surface area contributed by atoms with Crippen molar-refractivity contribution in [2.75, 3.05) is 20.3 Å². The molecular weight excluding hydrogens is 276 g/mol. The number of carbonyl (C=O) groups is 1. The number of esters is 1. The molecule has 100 valence electrons. The summed E-state index contributed by atoms with van der Waals surface area (Å²) in [6.45, 7) is 1.40. The number of hydrogen-bond acceptors (Lipinski definition) is 6. The summed E-state index contributed by atoms with van der Waals surface area (Å²) in [6, 6.07) is -0.573. The molecule has 0 saturated carbocycles. The standard InChI is InChI=1S/C11H15ClN2O3S/c1-16-11(15)9(10-14-6-8(12)18-10)13-5-7-3-2-4-17-7/h6-7,9,13H,2-5H2,1H3. The summed E-state index contributed by atoms with van der Waals surface area (Å²) in [7, 11) is 1.36. The van der Waals surface area contributed by atoms with Gasteiger partial charge in [0.15, 0.2) is 6.04 Å². The Morgan fingerprint density at radius 1 is 1.83 bits per heavy atom. The van der Waals surface area contributed by atoms with E-state index in [1.54, 1.807) is 0 Å². The molecule has 1 fully saturated rings. The molecule has 1 N–H and O–H groups in total. The number of hydrogen-bond donors (Lipinski definition) is 1. The van der Waals surface area contributed by atoms with Gasteiger partial charge in [-0.1, -0.05) is 11.6 Å². The molecule has 1 aromatic heterocycles. The number of halogens is 1. The van der Waals surface area contributed by atoms with Crippen molar-refractivity contribution in [3.63, 3.8) is 0 Å². The first-order valence-electron chi connectivity index (χ1n) is 5.74. The van der Waals surface area contributed by atoms with E-state index in [0.29, 0.717) is 15.9 Å². The van der Waals surface area contributed by atoms with Gasteiger partial charge in [-0.05, 0) is 12.8 Å². The zero-order valence-electron chi connectivity index (χ0n) is 10.0. The molecule has 1 saturated heterocycles. The van der Waals surface area contributed by atoms with Gasteiger partial charge in [-0.15, -0.1) is 11.3 Å². The van der Waals surface area contributed by atoms with E-state index in [4.69, 9.17) is 21.1 Å². The van der Waals surface area contributed by atoms with Crippen molar-refractivity contribution >= 4 is 28.9 Å². The third-order valence-electron chi connectivity index (χ3n) is 2.75. The highest BCUT2D eigenvalue weighted by atomic mass is 35.5. The van der Waals surface area contributed by atoms with Gasteiger partial charge in [-0.25, -0.2) is 9.78 Å². The number of nitrogens with one attached hydrogen (secondary N) is 1. The Bertz CT molecular complexity index is 407. The lowest BCUT2D eigenvalue weighted by atomic mass is 10.2. The second-order valence-corrected chi connectivity index (χ2v) is 5.70. The predicted octanol–water partition coefficient (Wildman–Crippen LogP) is 1.78. The Balaban J connectivity index is 1.98. The van der Waals surface area contributed by atoms with Crippen molar-refractivity contribution in [3.05, 3.63) is 15.5 Å². The molecule has 18 heavy (non-hydrogen) atoms. The number of ether oxygens (including phenoxy) is 2. The smallest absolute Gasteiger partial charge is 0.330 e. The van der Waals surface area contributed by atoms with Crippen LogP contribution in [0.3, 0.4) is 0 Å². The predicted molar refractivity (Wildman–Crippen MR) is 68.9 cm³/mol. The first kappa shape index (κ1) is 13.7. The molecule has 5 nitrogen and oxygen atoms in total. The van der Waals surface area contributed by atoms with Gasteiger partial charge in [0, 0.05) is 13.2 Å². The van der Waals surface area contributed by atoms with Gasteiger partial charge in [-0.2, -0.15) is 0 Å². The third kappa shape index (κ3) is 3.41. The van der Waals surface area contributed by atoms with Crippen LogP contribution in [0.2, 0.25) is 4.34 Å². The fraction of sp³-hybridized carbons (Fsp3) is 0.636. The molecule has 0 radical (unpaired) electrons. The molecule has 2 unspecified atom stereocenters. The highest BCUT2D eigenvalue weighted by Crippen LogP contribution is 2.25. The van der Waals surface area contributed by atoms with Crippen LogP contribution in [-0.4, -0.2) is 37.3 Å². The van der Waals surface area contributed by atoms with E-state index >= 15 is 0 Å². The minimum atomic E-state index is -0.573. The molecule has 0 aliphatic carbocycles. The lowest BCUT2D eigenvalue weighted by molar-refractivity contribution is -0.143. The van der Waals surface area contributed by atoms with Gasteiger partial charge in [0.1, 0.15) is 9.34 Å². The highest BCUT2D eigenvalue weighted by molar-refractivity contribution is 7.16. The maximum atomic E-state index is 11.7. The molecule has 1 aromatic rings. The molecule has 7 heteroatoms. The van der Waals surface area contributed by atoms with Crippen LogP contribution in [0.5, 0.6) is 0 Å². The quantitative estimate of drug-likeness (QED) is 0.838. The second kappa shape index (κ2) is 6.47. The van der Waals surface area contributed by atoms with E-state index < -0.39 is 6.04 Å². The van der Waals surface area contributed by atoms with Crippen molar-refractivity contribution in [2.24, 2.45) is 0 Å². The molecule has 0 aromatic carbocycles. The Morgan fingerprint density at radius 3 is 3.22 bits per heavy atom. The summed E-state index contributed by atoms with van der Waals surface area (Å²) in [5.74, 6) is -0.362. The summed E-state index contributed by atoms with van der Waals surface area (Å²) in [6.07, 6.45) is 3.77. The topological polar surface area (TPSA) is 60.5 Å². The average molecular weight is 291 g/mol. The van der Waals surface area contributed by atoms with Crippen LogP contribution in [0.25, 0.3) is 0 Å². The Hall–Kier alpha value is -0.690. The van der Waals surface area contributed by atoms with Crippen LogP contribution >= 0.6 is 22.9 Å². The lowest BCUT2D eigenvalue weighted by Gasteiger charge is -2.16. The van der Waals surface area contributed by atoms with E-state index in [2.05, 4.69) is 10.3 Å². The Labute approximate surface area is 114 Å². The Morgan fingerprint density at radius 2 is 2.67 bits per heavy atom. The van der Waals surface area contributed by atoms with Crippen molar-refractivity contribution in [1.82, 2.24) is 10.3 Å². The van der Waals surface area contributed by atoms with E-state index in [1.165, 1.54) is 24.6 Å². The van der Waals surface area contributed by atoms with E-state index in [0.717, 1.165) is 19.4 Å². The van der Waals surface area contributed by atoms with Crippen molar-refractivity contribution in [1.29, 1.82) is 0 Å². The summed E-state index contributed by atoms with van der Waals surface area (Å²) in [5, 5.41) is 3.75. The molecule has 2 heterocycles. The number of nitrogens with zero attached hydrogens (tertiary/aromatic N) is 1. The van der Waals surface area contributed by atoms with E-state index in [9.17, 15) is 4.79 Å². The zero-order chi connectivity index (χ0) is 13.0. The Kier molecular flexibility index (Phi) is 4.94. The number of rotatable bonds is 5. The largest absolute Gasteiger partial charge is 0.468 e. The first-order valence-corrected chi connectivity index (χ1v) is 6.94. The number of carbonyl (C=O) groups excluding carboxylic acids is 1. The summed E-state index contributed by atoms with van der Waals surface area (Å²) in [4.78, 5) is 15.8. The summed E-state index contributed by atoms with van der Waals surface area (Å²) < 4.78 is 10.8. The van der Waals surface area contributed by atoms with Crippen LogP contribution < -0.4 is 5.32 Å². The van der Waals surface area contributed by atoms with Crippen LogP contribution in [0.15, 0.2) is 6.20 Å². The van der Waals surface area contributed by atoms with E-state index in [-0.39, 0.29) is 12.1 Å². The normalized spacial score (nSPS) is 20.9. The fourth-order valence-corrected chi connectivity index (χ4v) is 2.84. The molecule has 1 aliphatic rings. The minimum Gasteiger partial charge on any atom is -0.468 e. The maximum absolute atomic E-state index is 11.7. The second-order valence-electron chi connectivity index (χ2n) is 4.00. The van der Waals surface area contributed by atoms with Gasteiger partial charge < -0.3 is 9.47 Å². The fourth-order valence-electron chi connectivity index (χ4n) is 1.84. The van der Waals surface area contributed by atoms with Crippen LogP contribution in [0.4, 0.5) is 0 Å². The summed E-state index contributed by atoms with van der Waals surface area (Å²) in [5.41, 5.74) is 0. The number of thiazole rings is 1. The van der Waals surface area contributed by atoms with Crippen molar-refractivity contribution < 1.29 is 14.3 Å². The van der Waals surface area contributed by atoms with Crippen molar-refractivity contribution in [2.45, 2.75) is 25.0 Å². The van der Waals surface area contributed by atoms with Gasteiger partial charge in [0.25, 0.3) is 0 Å². The molecule has 2 atom stereocenters. The number of methoxy groups -OCH3 is 1. The molecule has 0 bridgehead atoms. The molecule has 1 aliphatic heterocycles. The van der Waals surface area contributed by atoms with Gasteiger partial charge >= 0.3 is 5.97 Å². The monoisotopic (exact) mass is 290 g/mol. The molecule has 0 spiro atoms. The highest BCUT2D eigenvalue weighted by Gasteiger charge is 2.26.